The molecule has 9 heavy (non-hydrogen) atoms. The fourth-order valence-electron chi connectivity index (χ4n) is 0.464. The summed E-state index contributed by atoms with van der Waals surface area (Å²) in [6.45, 7) is 0.429. The number of rotatable bonds is 0. The van der Waals surface area contributed by atoms with Crippen LogP contribution in [0.4, 0.5) is 0 Å². The zero-order valence-corrected chi connectivity index (χ0v) is 6.94. The summed E-state index contributed by atoms with van der Waals surface area (Å²) in [4.78, 5) is 0. The molecule has 0 spiro atoms. The van der Waals surface area contributed by atoms with Crippen LogP contribution in [0.5, 0.6) is 0 Å². The zero-order valence-electron chi connectivity index (χ0n) is 4.49. The van der Waals surface area contributed by atoms with Gasteiger partial charge in [-0.1, -0.05) is 5.92 Å². The maximum Gasteiger partial charge on any atom is 0.0958 e. The maximum atomic E-state index is 5.08. The summed E-state index contributed by atoms with van der Waals surface area (Å²) in [5.74, 6) is 2.44. The Morgan fingerprint density at radius 3 is 2.67 bits per heavy atom. The van der Waals surface area contributed by atoms with E-state index in [1.54, 1.807) is 5.41 Å². The highest BCUT2D eigenvalue weighted by Crippen LogP contribution is 2.12. The highest BCUT2D eigenvalue weighted by Gasteiger charge is 2.09. The lowest BCUT2D eigenvalue weighted by atomic mass is 10.3. The van der Waals surface area contributed by atoms with Crippen molar-refractivity contribution in [1.29, 1.82) is 0 Å². The van der Waals surface area contributed by atoms with Gasteiger partial charge in [-0.2, -0.15) is 0 Å². The van der Waals surface area contributed by atoms with E-state index in [9.17, 15) is 0 Å². The Morgan fingerprint density at radius 1 is 1.78 bits per heavy atom. The van der Waals surface area contributed by atoms with Gasteiger partial charge in [0, 0.05) is 18.4 Å². The van der Waals surface area contributed by atoms with E-state index in [1.165, 1.54) is 0 Å². The van der Waals surface area contributed by atoms with Crippen LogP contribution < -0.4 is 0 Å². The van der Waals surface area contributed by atoms with Crippen molar-refractivity contribution < 1.29 is 4.18 Å². The lowest BCUT2D eigenvalue weighted by Crippen LogP contribution is -1.89. The quantitative estimate of drug-likeness (QED) is 0.498. The standard InChI is InChI=1S/C5H4OS3/c1-2-5-3-6-9(7,8)4-5/h1,4H,3H2. The number of terminal acetylenes is 1. The summed E-state index contributed by atoms with van der Waals surface area (Å²) in [5.41, 5.74) is 0.787. The SMILES string of the molecule is C#CC1=CS(=S)(=S)OC1. The zero-order chi connectivity index (χ0) is 6.91. The van der Waals surface area contributed by atoms with Crippen LogP contribution in [-0.2, 0) is 34.0 Å². The molecular formula is C5H4OS3. The molecule has 0 saturated heterocycles. The topological polar surface area (TPSA) is 9.23 Å². The van der Waals surface area contributed by atoms with E-state index >= 15 is 0 Å². The largest absolute Gasteiger partial charge is 0.301 e. The molecule has 0 aromatic carbocycles. The predicted octanol–water partition coefficient (Wildman–Crippen LogP) is 0.526. The van der Waals surface area contributed by atoms with Gasteiger partial charge in [-0.3, -0.25) is 0 Å². The van der Waals surface area contributed by atoms with E-state index in [1.807, 2.05) is 0 Å². The van der Waals surface area contributed by atoms with Crippen molar-refractivity contribution in [2.45, 2.75) is 0 Å². The second-order valence-electron chi connectivity index (χ2n) is 1.54. The van der Waals surface area contributed by atoms with E-state index in [0.29, 0.717) is 6.61 Å². The Kier molecular flexibility index (Phi) is 1.87. The van der Waals surface area contributed by atoms with E-state index in [-0.39, 0.29) is 0 Å². The Morgan fingerprint density at radius 2 is 2.44 bits per heavy atom. The van der Waals surface area contributed by atoms with E-state index in [2.05, 4.69) is 5.92 Å². The first-order valence-corrected chi connectivity index (χ1v) is 5.68. The molecule has 0 saturated carbocycles. The third-order valence-corrected chi connectivity index (χ3v) is 3.02. The van der Waals surface area contributed by atoms with E-state index < -0.39 is 7.43 Å². The molecule has 1 rings (SSSR count). The second-order valence-corrected chi connectivity index (χ2v) is 6.60. The fourth-order valence-corrected chi connectivity index (χ4v) is 2.29. The predicted molar refractivity (Wildman–Crippen MR) is 45.0 cm³/mol. The van der Waals surface area contributed by atoms with Crippen LogP contribution in [0.25, 0.3) is 0 Å². The first-order chi connectivity index (χ1) is 4.14. The van der Waals surface area contributed by atoms with E-state index in [4.69, 9.17) is 33.0 Å². The molecule has 1 nitrogen and oxygen atoms in total. The molecule has 0 aromatic rings. The minimum Gasteiger partial charge on any atom is -0.301 e. The first kappa shape index (κ1) is 7.16. The normalized spacial score (nSPS) is 22.8. The molecule has 1 heterocycles. The molecule has 0 fully saturated rings. The van der Waals surface area contributed by atoms with Gasteiger partial charge in [-0.25, -0.2) is 0 Å². The second kappa shape index (κ2) is 2.35. The van der Waals surface area contributed by atoms with Gasteiger partial charge >= 0.3 is 0 Å². The smallest absolute Gasteiger partial charge is 0.0958 e. The average Bonchev–Trinajstić information content (AvgIpc) is 2.10. The van der Waals surface area contributed by atoms with Gasteiger partial charge in [0.1, 0.15) is 0 Å². The van der Waals surface area contributed by atoms with Gasteiger partial charge in [0.25, 0.3) is 0 Å². The van der Waals surface area contributed by atoms with Crippen molar-refractivity contribution >= 4 is 29.8 Å². The van der Waals surface area contributed by atoms with E-state index in [0.717, 1.165) is 5.57 Å². The molecule has 48 valence electrons. The Labute approximate surface area is 64.1 Å². The van der Waals surface area contributed by atoms with Crippen LogP contribution in [0, 0.1) is 12.3 Å². The van der Waals surface area contributed by atoms with Crippen molar-refractivity contribution in [2.24, 2.45) is 0 Å². The summed E-state index contributed by atoms with van der Waals surface area (Å²) in [7, 11) is -1.75. The molecule has 0 N–H and O–H groups in total. The highest BCUT2D eigenvalue weighted by atomic mass is 33.1. The first-order valence-electron chi connectivity index (χ1n) is 2.21. The Hall–Kier alpha value is 0.0500. The summed E-state index contributed by atoms with van der Waals surface area (Å²) in [6.07, 6.45) is 5.08. The van der Waals surface area contributed by atoms with Crippen molar-refractivity contribution in [2.75, 3.05) is 6.61 Å². The summed E-state index contributed by atoms with van der Waals surface area (Å²) < 4.78 is 5.02. The van der Waals surface area contributed by atoms with Crippen LogP contribution in [0.2, 0.25) is 0 Å². The molecular weight excluding hydrogens is 172 g/mol. The molecule has 0 aromatic heterocycles. The monoisotopic (exact) mass is 176 g/mol. The molecule has 1 aliphatic heterocycles. The van der Waals surface area contributed by atoms with Crippen LogP contribution in [0.1, 0.15) is 0 Å². The summed E-state index contributed by atoms with van der Waals surface area (Å²) >= 11 is 9.71. The molecule has 4 heteroatoms. The van der Waals surface area contributed by atoms with Crippen molar-refractivity contribution in [3.63, 3.8) is 0 Å². The van der Waals surface area contributed by atoms with Gasteiger partial charge in [-0.15, -0.1) is 6.42 Å². The molecule has 0 bridgehead atoms. The third kappa shape index (κ3) is 1.73. The molecule has 0 amide bonds. The maximum absolute atomic E-state index is 5.08. The fraction of sp³-hybridized carbons (Fsp3) is 0.200. The Balaban J connectivity index is 3.02. The highest BCUT2D eigenvalue weighted by molar-refractivity contribution is 8.55. The van der Waals surface area contributed by atoms with Gasteiger partial charge in [-0.05, 0) is 22.4 Å². The molecule has 0 unspecified atom stereocenters. The molecule has 0 radical (unpaired) electrons. The third-order valence-electron chi connectivity index (χ3n) is 0.851. The van der Waals surface area contributed by atoms with Gasteiger partial charge in [0.05, 0.1) is 6.61 Å². The van der Waals surface area contributed by atoms with Crippen LogP contribution in [0.15, 0.2) is 11.0 Å². The van der Waals surface area contributed by atoms with Crippen molar-refractivity contribution in [3.8, 4) is 12.3 Å². The average molecular weight is 176 g/mol. The van der Waals surface area contributed by atoms with Gasteiger partial charge < -0.3 is 4.18 Å². The minimum absolute atomic E-state index is 0.429. The molecule has 0 aliphatic carbocycles. The lowest BCUT2D eigenvalue weighted by Gasteiger charge is -1.91. The van der Waals surface area contributed by atoms with Gasteiger partial charge in [0.15, 0.2) is 0 Å². The minimum atomic E-state index is -1.75. The Bertz CT molecular complexity index is 278. The summed E-state index contributed by atoms with van der Waals surface area (Å²) in [6, 6.07) is 0. The number of hydrogen-bond acceptors (Lipinski definition) is 3. The van der Waals surface area contributed by atoms with Crippen LogP contribution in [-0.4, -0.2) is 6.61 Å². The summed E-state index contributed by atoms with van der Waals surface area (Å²) in [5, 5.41) is 1.69. The molecule has 1 aliphatic rings. The van der Waals surface area contributed by atoms with Gasteiger partial charge in [0.2, 0.25) is 0 Å². The van der Waals surface area contributed by atoms with Crippen molar-refractivity contribution in [3.05, 3.63) is 11.0 Å². The molecule has 0 atom stereocenters. The number of hydrogen-bond donors (Lipinski definition) is 0. The lowest BCUT2D eigenvalue weighted by molar-refractivity contribution is 0.429. The van der Waals surface area contributed by atoms with Crippen LogP contribution in [0.3, 0.4) is 0 Å². The van der Waals surface area contributed by atoms with Crippen molar-refractivity contribution in [1.82, 2.24) is 0 Å². The van der Waals surface area contributed by atoms with Crippen LogP contribution >= 0.6 is 0 Å².